The van der Waals surface area contributed by atoms with E-state index in [1.807, 2.05) is 26.8 Å². The molecule has 2 fully saturated rings. The quantitative estimate of drug-likeness (QED) is 0.790. The van der Waals surface area contributed by atoms with Crippen LogP contribution >= 0.6 is 0 Å². The summed E-state index contributed by atoms with van der Waals surface area (Å²) in [7, 11) is 2.13. The van der Waals surface area contributed by atoms with Gasteiger partial charge in [-0.05, 0) is 72.7 Å². The number of rotatable bonds is 3. The number of piperidine rings is 1. The third-order valence-electron chi connectivity index (χ3n) is 6.61. The van der Waals surface area contributed by atoms with Gasteiger partial charge in [0.2, 0.25) is 5.91 Å². The van der Waals surface area contributed by atoms with Crippen molar-refractivity contribution in [3.8, 4) is 11.3 Å². The molecular weight excluding hydrogens is 366 g/mol. The maximum absolute atomic E-state index is 13.6. The largest absolute Gasteiger partial charge is 0.361 e. The van der Waals surface area contributed by atoms with Gasteiger partial charge in [0.15, 0.2) is 0 Å². The number of aryl methyl sites for hydroxylation is 3. The number of hydrogen-bond donors (Lipinski definition) is 0. The molecule has 0 unspecified atom stereocenters. The Balaban J connectivity index is 1.65. The summed E-state index contributed by atoms with van der Waals surface area (Å²) in [4.78, 5) is 27.3. The van der Waals surface area contributed by atoms with Crippen molar-refractivity contribution in [2.24, 2.45) is 5.41 Å². The molecule has 29 heavy (non-hydrogen) atoms. The van der Waals surface area contributed by atoms with Crippen LogP contribution in [0.5, 0.6) is 0 Å². The summed E-state index contributed by atoms with van der Waals surface area (Å²) in [6.45, 7) is 10.6. The molecule has 2 aliphatic rings. The summed E-state index contributed by atoms with van der Waals surface area (Å²) >= 11 is 0. The number of aromatic nitrogens is 3. The lowest BCUT2D eigenvalue weighted by atomic mass is 9.79. The van der Waals surface area contributed by atoms with E-state index >= 15 is 0 Å². The molecule has 0 bridgehead atoms. The van der Waals surface area contributed by atoms with E-state index in [0.717, 1.165) is 73.7 Å². The van der Waals surface area contributed by atoms with E-state index in [9.17, 15) is 4.79 Å². The molecule has 2 aromatic rings. The average Bonchev–Trinajstić information content (AvgIpc) is 3.30. The lowest BCUT2D eigenvalue weighted by Crippen LogP contribution is -2.47. The Morgan fingerprint density at radius 2 is 1.90 bits per heavy atom. The van der Waals surface area contributed by atoms with E-state index in [1.54, 1.807) is 0 Å². The maximum Gasteiger partial charge on any atom is 0.229 e. The summed E-state index contributed by atoms with van der Waals surface area (Å²) in [5, 5.41) is 4.07. The summed E-state index contributed by atoms with van der Waals surface area (Å²) in [5.41, 5.74) is 3.23. The second-order valence-electron chi connectivity index (χ2n) is 8.94. The van der Waals surface area contributed by atoms with Gasteiger partial charge in [-0.25, -0.2) is 9.97 Å². The van der Waals surface area contributed by atoms with Crippen LogP contribution in [0.15, 0.2) is 10.6 Å². The Kier molecular flexibility index (Phi) is 5.19. The van der Waals surface area contributed by atoms with Crippen molar-refractivity contribution in [1.82, 2.24) is 24.9 Å². The number of amides is 1. The minimum atomic E-state index is -0.276. The van der Waals surface area contributed by atoms with Crippen LogP contribution in [0.25, 0.3) is 11.3 Å². The van der Waals surface area contributed by atoms with Gasteiger partial charge in [0.1, 0.15) is 11.6 Å². The van der Waals surface area contributed by atoms with Crippen LogP contribution in [-0.2, 0) is 4.79 Å². The fourth-order valence-corrected chi connectivity index (χ4v) is 4.73. The molecule has 7 heteroatoms. The molecule has 156 valence electrons. The second kappa shape index (κ2) is 7.52. The highest BCUT2D eigenvalue weighted by atomic mass is 16.5. The van der Waals surface area contributed by atoms with Gasteiger partial charge in [0, 0.05) is 12.0 Å². The highest BCUT2D eigenvalue weighted by Gasteiger charge is 2.43. The smallest absolute Gasteiger partial charge is 0.229 e. The number of likely N-dealkylation sites (tertiary alicyclic amines) is 2. The Labute approximate surface area is 172 Å². The minimum absolute atomic E-state index is 0.0138. The van der Waals surface area contributed by atoms with Gasteiger partial charge in [-0.3, -0.25) is 4.79 Å². The van der Waals surface area contributed by atoms with E-state index < -0.39 is 0 Å². The Morgan fingerprint density at radius 1 is 1.17 bits per heavy atom. The standard InChI is InChI=1S/C22H31N5O2/c1-14-20(15(2)29-25-14)18-13-17(23-16(3)24-18)19-7-6-10-27(19)21(28)22(4)8-11-26(5)12-9-22/h13,19H,6-12H2,1-5H3/t19-/m0/s1. The van der Waals surface area contributed by atoms with Crippen LogP contribution in [0.2, 0.25) is 0 Å². The molecule has 2 saturated heterocycles. The Bertz CT molecular complexity index is 894. The van der Waals surface area contributed by atoms with E-state index in [4.69, 9.17) is 9.51 Å². The molecule has 0 saturated carbocycles. The third-order valence-corrected chi connectivity index (χ3v) is 6.61. The van der Waals surface area contributed by atoms with Gasteiger partial charge in [-0.1, -0.05) is 12.1 Å². The number of nitrogens with zero attached hydrogens (tertiary/aromatic N) is 5. The number of carbonyl (C=O) groups is 1. The van der Waals surface area contributed by atoms with Crippen molar-refractivity contribution < 1.29 is 9.32 Å². The molecule has 1 atom stereocenters. The van der Waals surface area contributed by atoms with E-state index in [-0.39, 0.29) is 17.4 Å². The Morgan fingerprint density at radius 3 is 2.55 bits per heavy atom. The van der Waals surface area contributed by atoms with E-state index in [1.165, 1.54) is 0 Å². The fraction of sp³-hybridized carbons (Fsp3) is 0.636. The van der Waals surface area contributed by atoms with Crippen LogP contribution in [0.1, 0.15) is 61.6 Å². The van der Waals surface area contributed by atoms with Crippen LogP contribution < -0.4 is 0 Å². The number of carbonyl (C=O) groups excluding carboxylic acids is 1. The Hall–Kier alpha value is -2.28. The predicted octanol–water partition coefficient (Wildman–Crippen LogP) is 3.45. The summed E-state index contributed by atoms with van der Waals surface area (Å²) in [6, 6.07) is 2.03. The second-order valence-corrected chi connectivity index (χ2v) is 8.94. The first-order valence-corrected chi connectivity index (χ1v) is 10.6. The predicted molar refractivity (Wildman–Crippen MR) is 110 cm³/mol. The molecular formula is C22H31N5O2. The van der Waals surface area contributed by atoms with Crippen molar-refractivity contribution in [2.75, 3.05) is 26.7 Å². The first-order chi connectivity index (χ1) is 13.8. The van der Waals surface area contributed by atoms with Gasteiger partial charge >= 0.3 is 0 Å². The first kappa shape index (κ1) is 20.0. The van der Waals surface area contributed by atoms with Gasteiger partial charge in [-0.15, -0.1) is 0 Å². The molecule has 0 radical (unpaired) electrons. The molecule has 4 heterocycles. The van der Waals surface area contributed by atoms with Crippen molar-refractivity contribution >= 4 is 5.91 Å². The highest BCUT2D eigenvalue weighted by Crippen LogP contribution is 2.40. The van der Waals surface area contributed by atoms with Crippen LogP contribution in [-0.4, -0.2) is 57.5 Å². The normalized spacial score (nSPS) is 22.2. The molecule has 2 aliphatic heterocycles. The van der Waals surface area contributed by atoms with E-state index in [2.05, 4.69) is 33.9 Å². The molecule has 0 N–H and O–H groups in total. The molecule has 7 nitrogen and oxygen atoms in total. The molecule has 4 rings (SSSR count). The van der Waals surface area contributed by atoms with Crippen LogP contribution in [0.3, 0.4) is 0 Å². The third kappa shape index (κ3) is 3.68. The van der Waals surface area contributed by atoms with Crippen molar-refractivity contribution in [2.45, 2.75) is 59.4 Å². The summed E-state index contributed by atoms with van der Waals surface area (Å²) in [6.07, 6.45) is 3.78. The van der Waals surface area contributed by atoms with Crippen molar-refractivity contribution in [3.63, 3.8) is 0 Å². The van der Waals surface area contributed by atoms with Crippen molar-refractivity contribution in [3.05, 3.63) is 29.0 Å². The molecule has 0 aliphatic carbocycles. The number of hydrogen-bond acceptors (Lipinski definition) is 6. The van der Waals surface area contributed by atoms with Crippen LogP contribution in [0, 0.1) is 26.2 Å². The van der Waals surface area contributed by atoms with Gasteiger partial charge in [0.05, 0.1) is 28.7 Å². The van der Waals surface area contributed by atoms with E-state index in [0.29, 0.717) is 5.82 Å². The van der Waals surface area contributed by atoms with Gasteiger partial charge < -0.3 is 14.3 Å². The lowest BCUT2D eigenvalue weighted by Gasteiger charge is -2.40. The molecule has 0 spiro atoms. The molecule has 1 amide bonds. The summed E-state index contributed by atoms with van der Waals surface area (Å²) in [5.74, 6) is 1.75. The topological polar surface area (TPSA) is 75.4 Å². The SMILES string of the molecule is Cc1nc(-c2c(C)noc2C)cc([C@@H]2CCCN2C(=O)C2(C)CCN(C)CC2)n1. The minimum Gasteiger partial charge on any atom is -0.361 e. The van der Waals surface area contributed by atoms with Crippen molar-refractivity contribution in [1.29, 1.82) is 0 Å². The zero-order chi connectivity index (χ0) is 20.8. The summed E-state index contributed by atoms with van der Waals surface area (Å²) < 4.78 is 5.34. The average molecular weight is 398 g/mol. The highest BCUT2D eigenvalue weighted by molar-refractivity contribution is 5.83. The monoisotopic (exact) mass is 397 g/mol. The lowest BCUT2D eigenvalue weighted by molar-refractivity contribution is -0.145. The first-order valence-electron chi connectivity index (χ1n) is 10.6. The molecule has 2 aromatic heterocycles. The van der Waals surface area contributed by atoms with Crippen LogP contribution in [0.4, 0.5) is 0 Å². The zero-order valence-corrected chi connectivity index (χ0v) is 18.2. The molecule has 0 aromatic carbocycles. The fourth-order valence-electron chi connectivity index (χ4n) is 4.73. The van der Waals surface area contributed by atoms with Gasteiger partial charge in [-0.2, -0.15) is 0 Å². The zero-order valence-electron chi connectivity index (χ0n) is 18.2. The maximum atomic E-state index is 13.6. The van der Waals surface area contributed by atoms with Gasteiger partial charge in [0.25, 0.3) is 0 Å².